The molecule has 0 radical (unpaired) electrons. The Morgan fingerprint density at radius 1 is 1.42 bits per heavy atom. The Kier molecular flexibility index (Phi) is 5.73. The van der Waals surface area contributed by atoms with Crippen molar-refractivity contribution in [3.63, 3.8) is 0 Å². The normalized spacial score (nSPS) is 16.3. The summed E-state index contributed by atoms with van der Waals surface area (Å²) in [7, 11) is 1.47. The smallest absolute Gasteiger partial charge is 0.257 e. The van der Waals surface area contributed by atoms with Crippen LogP contribution in [0.5, 0.6) is 0 Å². The number of carbonyl (C=O) groups excluding carboxylic acids is 3. The Labute approximate surface area is 113 Å². The average molecular weight is 267 g/mol. The van der Waals surface area contributed by atoms with Crippen molar-refractivity contribution in [3.8, 4) is 0 Å². The lowest BCUT2D eigenvalue weighted by Crippen LogP contribution is -2.38. The summed E-state index contributed by atoms with van der Waals surface area (Å²) in [5.74, 6) is -0.483. The molecule has 0 spiro atoms. The maximum atomic E-state index is 12.3. The third kappa shape index (κ3) is 3.91. The van der Waals surface area contributed by atoms with E-state index in [9.17, 15) is 14.4 Å². The van der Waals surface area contributed by atoms with Crippen LogP contribution in [-0.4, -0.2) is 36.2 Å². The Hall–Kier alpha value is -1.65. The van der Waals surface area contributed by atoms with Gasteiger partial charge < -0.3 is 4.74 Å². The van der Waals surface area contributed by atoms with E-state index in [1.54, 1.807) is 6.92 Å². The van der Waals surface area contributed by atoms with Crippen molar-refractivity contribution < 1.29 is 19.1 Å². The summed E-state index contributed by atoms with van der Waals surface area (Å²) in [6.07, 6.45) is 3.39. The van der Waals surface area contributed by atoms with Crippen molar-refractivity contribution in [2.45, 2.75) is 39.5 Å². The fourth-order valence-corrected chi connectivity index (χ4v) is 2.11. The SMILES string of the molecule is CCCC(CC(=O)CC)C(=O)N1CC(OC)=CC1=O. The number of hydrogen-bond donors (Lipinski definition) is 0. The molecule has 106 valence electrons. The minimum Gasteiger partial charge on any atom is -0.499 e. The quantitative estimate of drug-likeness (QED) is 0.704. The first-order chi connectivity index (χ1) is 9.03. The fraction of sp³-hybridized carbons (Fsp3) is 0.643. The summed E-state index contributed by atoms with van der Waals surface area (Å²) in [5, 5.41) is 0. The number of nitrogens with zero attached hydrogens (tertiary/aromatic N) is 1. The number of ether oxygens (including phenoxy) is 1. The molecule has 0 bridgehead atoms. The molecule has 1 aliphatic heterocycles. The molecule has 0 N–H and O–H groups in total. The van der Waals surface area contributed by atoms with Crippen molar-refractivity contribution >= 4 is 17.6 Å². The van der Waals surface area contributed by atoms with E-state index < -0.39 is 5.92 Å². The van der Waals surface area contributed by atoms with Crippen LogP contribution in [0.2, 0.25) is 0 Å². The Morgan fingerprint density at radius 3 is 2.58 bits per heavy atom. The van der Waals surface area contributed by atoms with Gasteiger partial charge in [-0.2, -0.15) is 0 Å². The second-order valence-electron chi connectivity index (χ2n) is 4.66. The van der Waals surface area contributed by atoms with Crippen molar-refractivity contribution in [2.24, 2.45) is 5.92 Å². The van der Waals surface area contributed by atoms with Crippen LogP contribution in [0, 0.1) is 5.92 Å². The molecule has 0 aromatic heterocycles. The van der Waals surface area contributed by atoms with Gasteiger partial charge in [0.25, 0.3) is 5.91 Å². The van der Waals surface area contributed by atoms with E-state index in [0.717, 1.165) is 6.42 Å². The van der Waals surface area contributed by atoms with E-state index in [4.69, 9.17) is 4.74 Å². The minimum atomic E-state index is -0.397. The zero-order valence-corrected chi connectivity index (χ0v) is 11.8. The number of hydrogen-bond acceptors (Lipinski definition) is 4. The van der Waals surface area contributed by atoms with Crippen LogP contribution in [-0.2, 0) is 19.1 Å². The first-order valence-electron chi connectivity index (χ1n) is 6.65. The Bertz CT molecular complexity index is 400. The minimum absolute atomic E-state index is 0.0540. The maximum absolute atomic E-state index is 12.3. The molecule has 5 heteroatoms. The molecule has 0 aromatic rings. The van der Waals surface area contributed by atoms with Gasteiger partial charge in [0, 0.05) is 24.8 Å². The summed E-state index contributed by atoms with van der Waals surface area (Å²) in [4.78, 5) is 36.7. The molecule has 2 amide bonds. The van der Waals surface area contributed by atoms with Crippen molar-refractivity contribution in [2.75, 3.05) is 13.7 Å². The van der Waals surface area contributed by atoms with E-state index in [1.807, 2.05) is 6.92 Å². The highest BCUT2D eigenvalue weighted by atomic mass is 16.5. The van der Waals surface area contributed by atoms with E-state index in [1.165, 1.54) is 18.1 Å². The van der Waals surface area contributed by atoms with Gasteiger partial charge in [-0.05, 0) is 6.42 Å². The lowest BCUT2D eigenvalue weighted by Gasteiger charge is -2.21. The number of rotatable bonds is 7. The lowest BCUT2D eigenvalue weighted by molar-refractivity contribution is -0.145. The molecule has 1 rings (SSSR count). The monoisotopic (exact) mass is 267 g/mol. The Morgan fingerprint density at radius 2 is 2.11 bits per heavy atom. The predicted octanol–water partition coefficient (Wildman–Crippen LogP) is 1.67. The molecule has 0 saturated carbocycles. The fourth-order valence-electron chi connectivity index (χ4n) is 2.11. The second-order valence-corrected chi connectivity index (χ2v) is 4.66. The third-order valence-electron chi connectivity index (χ3n) is 3.25. The maximum Gasteiger partial charge on any atom is 0.257 e. The molecule has 1 atom stereocenters. The summed E-state index contributed by atoms with van der Waals surface area (Å²) in [6.45, 7) is 3.91. The molecule has 5 nitrogen and oxygen atoms in total. The molecule has 0 fully saturated rings. The molecular weight excluding hydrogens is 246 g/mol. The van der Waals surface area contributed by atoms with Crippen LogP contribution >= 0.6 is 0 Å². The first kappa shape index (κ1) is 15.4. The summed E-state index contributed by atoms with van der Waals surface area (Å²) < 4.78 is 4.98. The summed E-state index contributed by atoms with van der Waals surface area (Å²) in [6, 6.07) is 0. The molecular formula is C14H21NO4. The lowest BCUT2D eigenvalue weighted by atomic mass is 9.95. The van der Waals surface area contributed by atoms with Gasteiger partial charge in [0.05, 0.1) is 13.7 Å². The van der Waals surface area contributed by atoms with Gasteiger partial charge in [-0.25, -0.2) is 0 Å². The largest absolute Gasteiger partial charge is 0.499 e. The van der Waals surface area contributed by atoms with Crippen LogP contribution in [0.15, 0.2) is 11.8 Å². The van der Waals surface area contributed by atoms with E-state index in [0.29, 0.717) is 18.6 Å². The van der Waals surface area contributed by atoms with Gasteiger partial charge >= 0.3 is 0 Å². The van der Waals surface area contributed by atoms with Gasteiger partial charge in [0.1, 0.15) is 11.5 Å². The van der Waals surface area contributed by atoms with Gasteiger partial charge in [0.2, 0.25) is 5.91 Å². The van der Waals surface area contributed by atoms with Crippen LogP contribution in [0.4, 0.5) is 0 Å². The molecule has 0 aromatic carbocycles. The topological polar surface area (TPSA) is 63.7 Å². The highest BCUT2D eigenvalue weighted by molar-refractivity contribution is 6.04. The number of amides is 2. The number of Topliss-reactive ketones (excluding diaryl/α,β-unsaturated/α-hetero) is 1. The van der Waals surface area contributed by atoms with E-state index in [-0.39, 0.29) is 30.6 Å². The van der Waals surface area contributed by atoms with Crippen molar-refractivity contribution in [1.82, 2.24) is 4.90 Å². The summed E-state index contributed by atoms with van der Waals surface area (Å²) in [5.41, 5.74) is 0. The number of imide groups is 1. The van der Waals surface area contributed by atoms with Crippen molar-refractivity contribution in [3.05, 3.63) is 11.8 Å². The zero-order valence-electron chi connectivity index (χ0n) is 11.8. The van der Waals surface area contributed by atoms with Crippen LogP contribution < -0.4 is 0 Å². The highest BCUT2D eigenvalue weighted by Crippen LogP contribution is 2.20. The van der Waals surface area contributed by atoms with Gasteiger partial charge in [-0.15, -0.1) is 0 Å². The van der Waals surface area contributed by atoms with Crippen LogP contribution in [0.25, 0.3) is 0 Å². The number of carbonyl (C=O) groups is 3. The van der Waals surface area contributed by atoms with Crippen LogP contribution in [0.1, 0.15) is 39.5 Å². The number of methoxy groups -OCH3 is 1. The standard InChI is InChI=1S/C14H21NO4/c1-4-6-10(7-11(16)5-2)14(18)15-9-12(19-3)8-13(15)17/h8,10H,4-7,9H2,1-3H3. The molecule has 0 aliphatic carbocycles. The van der Waals surface area contributed by atoms with E-state index in [2.05, 4.69) is 0 Å². The first-order valence-corrected chi connectivity index (χ1v) is 6.65. The van der Waals surface area contributed by atoms with Gasteiger partial charge in [-0.1, -0.05) is 20.3 Å². The number of ketones is 1. The van der Waals surface area contributed by atoms with Gasteiger partial charge in [0.15, 0.2) is 0 Å². The third-order valence-corrected chi connectivity index (χ3v) is 3.25. The second kappa shape index (κ2) is 7.07. The molecule has 19 heavy (non-hydrogen) atoms. The molecule has 1 heterocycles. The Balaban J connectivity index is 2.72. The predicted molar refractivity (Wildman–Crippen MR) is 70.1 cm³/mol. The van der Waals surface area contributed by atoms with Crippen LogP contribution in [0.3, 0.4) is 0 Å². The van der Waals surface area contributed by atoms with Gasteiger partial charge in [-0.3, -0.25) is 19.3 Å². The zero-order chi connectivity index (χ0) is 14.4. The average Bonchev–Trinajstić information content (AvgIpc) is 2.78. The molecule has 1 unspecified atom stereocenters. The highest BCUT2D eigenvalue weighted by Gasteiger charge is 2.33. The molecule has 1 aliphatic rings. The van der Waals surface area contributed by atoms with E-state index >= 15 is 0 Å². The van der Waals surface area contributed by atoms with Crippen molar-refractivity contribution in [1.29, 1.82) is 0 Å². The molecule has 0 saturated heterocycles. The summed E-state index contributed by atoms with van der Waals surface area (Å²) >= 11 is 0.